The number of carbonyl (C=O) groups excluding carboxylic acids is 3. The van der Waals surface area contributed by atoms with Gasteiger partial charge in [0.2, 0.25) is 17.7 Å². The highest BCUT2D eigenvalue weighted by molar-refractivity contribution is 9.09. The summed E-state index contributed by atoms with van der Waals surface area (Å²) < 4.78 is -0.626. The minimum atomic E-state index is -0.626. The van der Waals surface area contributed by atoms with Crippen LogP contribution in [-0.4, -0.2) is 97.7 Å². The number of halogens is 1. The molecule has 1 N–H and O–H groups in total. The van der Waals surface area contributed by atoms with Crippen LogP contribution in [0.4, 0.5) is 0 Å². The average molecular weight is 599 g/mol. The van der Waals surface area contributed by atoms with E-state index in [1.165, 1.54) is 0 Å². The number of alkyl halides is 1. The number of carbonyl (C=O) groups is 3. The van der Waals surface area contributed by atoms with Crippen LogP contribution in [0.3, 0.4) is 0 Å². The number of amides is 3. The molecule has 3 saturated heterocycles. The first-order valence-corrected chi connectivity index (χ1v) is 15.5. The van der Waals surface area contributed by atoms with Gasteiger partial charge in [-0.15, -0.1) is 24.9 Å². The largest absolute Gasteiger partial charge is 0.396 e. The molecule has 4 unspecified atom stereocenters. The average Bonchev–Trinajstić information content (AvgIpc) is 3.45. The van der Waals surface area contributed by atoms with Crippen LogP contribution < -0.4 is 0 Å². The molecule has 0 aromatic carbocycles. The number of aliphatic hydroxyl groups excluding tert-OH is 1. The van der Waals surface area contributed by atoms with Gasteiger partial charge < -0.3 is 19.8 Å². The van der Waals surface area contributed by atoms with Gasteiger partial charge in [-0.2, -0.15) is 0 Å². The Morgan fingerprint density at radius 2 is 1.89 bits per heavy atom. The smallest absolute Gasteiger partial charge is 0.247 e. The molecule has 0 aromatic rings. The number of hydrogen-bond acceptors (Lipinski definition) is 5. The molecule has 3 aliphatic rings. The molecule has 0 radical (unpaired) electrons. The van der Waals surface area contributed by atoms with Crippen molar-refractivity contribution in [3.8, 4) is 0 Å². The molecule has 3 heterocycles. The zero-order valence-corrected chi connectivity index (χ0v) is 25.0. The molecule has 0 aliphatic carbocycles. The molecular weight excluding hydrogens is 554 g/mol. The summed E-state index contributed by atoms with van der Waals surface area (Å²) in [4.78, 5) is 47.6. The summed E-state index contributed by atoms with van der Waals surface area (Å²) in [7, 11) is 1.76. The predicted octanol–water partition coefficient (Wildman–Crippen LogP) is 3.85. The van der Waals surface area contributed by atoms with Crippen LogP contribution >= 0.6 is 27.7 Å². The lowest BCUT2D eigenvalue weighted by Gasteiger charge is -2.40. The van der Waals surface area contributed by atoms with E-state index >= 15 is 0 Å². The summed E-state index contributed by atoms with van der Waals surface area (Å²) in [5, 5.41) is 9.09. The monoisotopic (exact) mass is 597 g/mol. The Labute approximate surface area is 235 Å². The van der Waals surface area contributed by atoms with Crippen LogP contribution in [0.15, 0.2) is 25.3 Å². The minimum Gasteiger partial charge on any atom is -0.396 e. The van der Waals surface area contributed by atoms with Gasteiger partial charge in [0, 0.05) is 49.4 Å². The highest BCUT2D eigenvalue weighted by Gasteiger charge is 2.75. The fourth-order valence-corrected chi connectivity index (χ4v) is 10.2. The maximum absolute atomic E-state index is 14.4. The zero-order valence-electron chi connectivity index (χ0n) is 22.6. The van der Waals surface area contributed by atoms with Crippen molar-refractivity contribution in [2.45, 2.75) is 85.7 Å². The molecule has 9 heteroatoms. The third-order valence-electron chi connectivity index (χ3n) is 8.24. The second-order valence-electron chi connectivity index (χ2n) is 10.8. The number of unbranched alkanes of at least 4 members (excludes halogenated alkanes) is 3. The lowest BCUT2D eigenvalue weighted by molar-refractivity contribution is -0.144. The van der Waals surface area contributed by atoms with Gasteiger partial charge >= 0.3 is 0 Å². The van der Waals surface area contributed by atoms with E-state index in [-0.39, 0.29) is 40.4 Å². The molecule has 7 atom stereocenters. The van der Waals surface area contributed by atoms with Crippen molar-refractivity contribution in [3.05, 3.63) is 25.3 Å². The van der Waals surface area contributed by atoms with Crippen LogP contribution in [0.1, 0.15) is 58.8 Å². The van der Waals surface area contributed by atoms with Crippen LogP contribution in [0.2, 0.25) is 0 Å². The number of nitrogens with zero attached hydrogens (tertiary/aromatic N) is 3. The van der Waals surface area contributed by atoms with Gasteiger partial charge in [-0.3, -0.25) is 14.4 Å². The van der Waals surface area contributed by atoms with Gasteiger partial charge in [-0.05, 0) is 32.6 Å². The van der Waals surface area contributed by atoms with Gasteiger partial charge in [0.15, 0.2) is 0 Å². The Morgan fingerprint density at radius 3 is 2.51 bits per heavy atom. The Kier molecular flexibility index (Phi) is 10.7. The van der Waals surface area contributed by atoms with E-state index < -0.39 is 22.6 Å². The van der Waals surface area contributed by atoms with E-state index in [1.54, 1.807) is 35.9 Å². The summed E-state index contributed by atoms with van der Waals surface area (Å²) in [6.07, 6.45) is 9.26. The molecule has 3 amide bonds. The quantitative estimate of drug-likeness (QED) is 0.176. The highest BCUT2D eigenvalue weighted by Crippen LogP contribution is 2.68. The van der Waals surface area contributed by atoms with Gasteiger partial charge in [0.05, 0.1) is 16.6 Å². The number of fused-ring (bicyclic) bond motifs is 1. The number of rotatable bonds is 15. The Bertz CT molecular complexity index is 872. The van der Waals surface area contributed by atoms with Crippen LogP contribution in [-0.2, 0) is 14.4 Å². The maximum atomic E-state index is 14.4. The number of likely N-dealkylation sites (N-methyl/N-ethyl adjacent to an activating group) is 1. The molecule has 3 fully saturated rings. The standard InChI is InChI=1S/C28H44BrN3O4S/c1-6-13-19(4)31(15-8-3)27(36)24-28-18-20(29)23(37-28)21(25(34)30(5)14-7-2)22(28)26(35)32(24)16-11-9-10-12-17-33/h7-8,19-24,33H,2-3,6,9-18H2,1,4-5H3/t19?,20?,21-,22-,23-,24?,28?/m0/s1. The van der Waals surface area contributed by atoms with Gasteiger partial charge in [0.25, 0.3) is 0 Å². The molecule has 3 aliphatic heterocycles. The van der Waals surface area contributed by atoms with Crippen molar-refractivity contribution in [1.29, 1.82) is 0 Å². The first-order chi connectivity index (χ1) is 17.7. The molecule has 1 spiro atoms. The van der Waals surface area contributed by atoms with Crippen LogP contribution in [0, 0.1) is 11.8 Å². The Balaban J connectivity index is 2.00. The summed E-state index contributed by atoms with van der Waals surface area (Å²) in [6, 6.07) is -0.563. The topological polar surface area (TPSA) is 81.2 Å². The van der Waals surface area contributed by atoms with E-state index in [1.807, 2.05) is 9.80 Å². The maximum Gasteiger partial charge on any atom is 0.247 e. The molecule has 37 heavy (non-hydrogen) atoms. The number of aliphatic hydroxyl groups is 1. The van der Waals surface area contributed by atoms with Crippen LogP contribution in [0.25, 0.3) is 0 Å². The van der Waals surface area contributed by atoms with Crippen molar-refractivity contribution in [3.63, 3.8) is 0 Å². The van der Waals surface area contributed by atoms with Crippen LogP contribution in [0.5, 0.6) is 0 Å². The Morgan fingerprint density at radius 1 is 1.22 bits per heavy atom. The third kappa shape index (κ3) is 5.69. The molecule has 0 aromatic heterocycles. The number of likely N-dealkylation sites (tertiary alicyclic amines) is 1. The molecule has 2 bridgehead atoms. The molecule has 3 rings (SSSR count). The van der Waals surface area contributed by atoms with E-state index in [9.17, 15) is 14.4 Å². The van der Waals surface area contributed by atoms with E-state index in [0.29, 0.717) is 26.1 Å². The molecule has 208 valence electrons. The second-order valence-corrected chi connectivity index (χ2v) is 13.5. The summed E-state index contributed by atoms with van der Waals surface area (Å²) in [6.45, 7) is 13.3. The Hall–Kier alpha value is -1.32. The summed E-state index contributed by atoms with van der Waals surface area (Å²) in [5.41, 5.74) is 0. The van der Waals surface area contributed by atoms with Crippen molar-refractivity contribution in [2.24, 2.45) is 11.8 Å². The fourth-order valence-electron chi connectivity index (χ4n) is 6.57. The van der Waals surface area contributed by atoms with Crippen molar-refractivity contribution >= 4 is 45.4 Å². The summed E-state index contributed by atoms with van der Waals surface area (Å²) >= 11 is 5.53. The molecule has 7 nitrogen and oxygen atoms in total. The first kappa shape index (κ1) is 30.2. The lowest BCUT2D eigenvalue weighted by Crippen LogP contribution is -2.57. The number of hydrogen-bond donors (Lipinski definition) is 1. The minimum absolute atomic E-state index is 0.0209. The fraction of sp³-hybridized carbons (Fsp3) is 0.750. The first-order valence-electron chi connectivity index (χ1n) is 13.7. The van der Waals surface area contributed by atoms with Crippen molar-refractivity contribution in [1.82, 2.24) is 14.7 Å². The van der Waals surface area contributed by atoms with E-state index in [4.69, 9.17) is 5.11 Å². The van der Waals surface area contributed by atoms with Crippen molar-refractivity contribution in [2.75, 3.05) is 33.3 Å². The second kappa shape index (κ2) is 13.2. The molecular formula is C28H44BrN3O4S. The summed E-state index contributed by atoms with van der Waals surface area (Å²) in [5.74, 6) is -1.08. The number of thioether (sulfide) groups is 1. The van der Waals surface area contributed by atoms with Crippen molar-refractivity contribution < 1.29 is 19.5 Å². The van der Waals surface area contributed by atoms with E-state index in [0.717, 1.165) is 38.5 Å². The van der Waals surface area contributed by atoms with E-state index in [2.05, 4.69) is 42.9 Å². The highest BCUT2D eigenvalue weighted by atomic mass is 79.9. The normalized spacial score (nSPS) is 30.8. The zero-order chi connectivity index (χ0) is 27.3. The third-order valence-corrected chi connectivity index (χ3v) is 11.5. The van der Waals surface area contributed by atoms with Gasteiger partial charge in [0.1, 0.15) is 6.04 Å². The van der Waals surface area contributed by atoms with Gasteiger partial charge in [-0.1, -0.05) is 54.3 Å². The predicted molar refractivity (Wildman–Crippen MR) is 154 cm³/mol. The van der Waals surface area contributed by atoms with Gasteiger partial charge in [-0.25, -0.2) is 0 Å². The molecule has 0 saturated carbocycles. The SMILES string of the molecule is C=CCN(C)C(=O)[C@H]1[C@H]2C(=O)N(CCCCCCO)C(C(=O)N(CC=C)C(C)CCC)C23CC(Br)[C@@H]1S3. The lowest BCUT2D eigenvalue weighted by atomic mass is 9.70.